The quantitative estimate of drug-likeness (QED) is 0.211. The zero-order valence-corrected chi connectivity index (χ0v) is 19.4. The smallest absolute Gasteiger partial charge is 0.136 e. The normalized spacial score (nSPS) is 20.2. The Bertz CT molecular complexity index is 3360. The number of furan rings is 1. The fourth-order valence-electron chi connectivity index (χ4n) is 4.64. The van der Waals surface area contributed by atoms with Gasteiger partial charge in [0, 0.05) is 10.8 Å². The highest BCUT2D eigenvalue weighted by Crippen LogP contribution is 2.45. The molecule has 0 spiro atoms. The minimum atomic E-state index is -0.965. The van der Waals surface area contributed by atoms with Gasteiger partial charge in [0.05, 0.1) is 32.9 Å². The first kappa shape index (κ1) is 8.69. The maximum Gasteiger partial charge on any atom is 0.136 e. The molecule has 1 heterocycles. The summed E-state index contributed by atoms with van der Waals surface area (Å²) in [5.41, 5.74) is -5.19. The summed E-state index contributed by atoms with van der Waals surface area (Å²) in [5, 5.41) is -3.56. The first-order valence-electron chi connectivity index (χ1n) is 23.4. The van der Waals surface area contributed by atoms with Gasteiger partial charge in [-0.05, 0) is 73.1 Å². The molecule has 8 aromatic rings. The van der Waals surface area contributed by atoms with E-state index in [2.05, 4.69) is 0 Å². The molecule has 0 saturated heterocycles. The predicted octanol–water partition coefficient (Wildman–Crippen LogP) is 10.9. The van der Waals surface area contributed by atoms with Crippen LogP contribution in [-0.2, 0) is 0 Å². The molecule has 0 aliphatic heterocycles. The van der Waals surface area contributed by atoms with Gasteiger partial charge < -0.3 is 4.42 Å². The fourth-order valence-corrected chi connectivity index (χ4v) is 4.64. The Morgan fingerprint density at radius 2 is 0.923 bits per heavy atom. The Morgan fingerprint density at radius 1 is 0.385 bits per heavy atom. The van der Waals surface area contributed by atoms with Crippen molar-refractivity contribution in [3.05, 3.63) is 145 Å². The molecule has 0 radical (unpaired) electrons. The van der Waals surface area contributed by atoms with Crippen molar-refractivity contribution in [3.63, 3.8) is 0 Å². The zero-order valence-electron chi connectivity index (χ0n) is 43.4. The lowest BCUT2D eigenvalue weighted by Crippen LogP contribution is -1.90. The Hall–Kier alpha value is -5.14. The summed E-state index contributed by atoms with van der Waals surface area (Å²) < 4.78 is 217. The monoisotopic (exact) mass is 520 g/mol. The lowest BCUT2D eigenvalue weighted by atomic mass is 9.86. The van der Waals surface area contributed by atoms with E-state index in [1.807, 2.05) is 0 Å². The lowest BCUT2D eigenvalue weighted by Gasteiger charge is -2.17. The Balaban J connectivity index is 1.70. The van der Waals surface area contributed by atoms with Crippen LogP contribution in [0, 0.1) is 0 Å². The van der Waals surface area contributed by atoms with E-state index < -0.39 is 222 Å². The summed E-state index contributed by atoms with van der Waals surface area (Å²) in [6, 6.07) is -21.1. The predicted molar refractivity (Wildman–Crippen MR) is 165 cm³/mol. The average Bonchev–Trinajstić information content (AvgIpc) is 3.66. The molecule has 0 unspecified atom stereocenters. The van der Waals surface area contributed by atoms with Crippen LogP contribution in [0.5, 0.6) is 0 Å². The minimum Gasteiger partial charge on any atom is -0.456 e. The standard InChI is InChI=1S/C38H24O/c1-3-12-25(13-4-1)28-20-11-21-34-38(28)33-23-22-27(24-35(33)39-34)37-31-18-9-7-16-29(31)36(26-14-5-2-6-15-26)30-17-8-10-19-32(30)37/h1-24H/i1D,2D,3D,4D,5D,6D,7D,8D,9D,10D,11D,12D,13D,14D,15D,16D,17D,18D,19D,20D,21D,22D,23D,24D. The van der Waals surface area contributed by atoms with Gasteiger partial charge in [-0.3, -0.25) is 0 Å². The maximum absolute atomic E-state index is 9.61. The topological polar surface area (TPSA) is 13.1 Å². The molecule has 1 aromatic heterocycles. The van der Waals surface area contributed by atoms with Crippen molar-refractivity contribution >= 4 is 43.5 Å². The third kappa shape index (κ3) is 3.41. The molecule has 1 heteroatoms. The molecule has 0 saturated carbocycles. The van der Waals surface area contributed by atoms with Crippen LogP contribution >= 0.6 is 0 Å². The summed E-state index contributed by atoms with van der Waals surface area (Å²) in [6.45, 7) is 0. The van der Waals surface area contributed by atoms with E-state index in [1.165, 1.54) is 0 Å². The number of benzene rings is 7. The van der Waals surface area contributed by atoms with Crippen molar-refractivity contribution in [2.45, 2.75) is 0 Å². The summed E-state index contributed by atoms with van der Waals surface area (Å²) in [4.78, 5) is 0. The van der Waals surface area contributed by atoms with Gasteiger partial charge in [-0.15, -0.1) is 0 Å². The zero-order chi connectivity index (χ0) is 46.6. The second-order valence-electron chi connectivity index (χ2n) is 8.26. The van der Waals surface area contributed by atoms with Gasteiger partial charge >= 0.3 is 0 Å². The van der Waals surface area contributed by atoms with Crippen LogP contribution in [0.4, 0.5) is 0 Å². The average molecular weight is 521 g/mol. The maximum atomic E-state index is 9.61. The van der Waals surface area contributed by atoms with E-state index in [9.17, 15) is 6.85 Å². The van der Waals surface area contributed by atoms with Gasteiger partial charge in [0.1, 0.15) is 11.2 Å². The third-order valence-electron chi connectivity index (χ3n) is 6.20. The molecule has 0 aliphatic rings. The first-order valence-corrected chi connectivity index (χ1v) is 11.4. The second-order valence-corrected chi connectivity index (χ2v) is 8.26. The number of hydrogen-bond donors (Lipinski definition) is 0. The molecular weight excluding hydrogens is 472 g/mol. The molecule has 0 N–H and O–H groups in total. The summed E-state index contributed by atoms with van der Waals surface area (Å²) in [7, 11) is 0. The molecule has 0 amide bonds. The highest BCUT2D eigenvalue weighted by atomic mass is 16.3. The van der Waals surface area contributed by atoms with Crippen molar-refractivity contribution in [1.29, 1.82) is 0 Å². The molecule has 1 nitrogen and oxygen atoms in total. The van der Waals surface area contributed by atoms with Crippen molar-refractivity contribution in [3.8, 4) is 33.4 Å². The molecule has 7 aromatic carbocycles. The van der Waals surface area contributed by atoms with E-state index in [1.54, 1.807) is 0 Å². The number of rotatable bonds is 3. The van der Waals surface area contributed by atoms with Crippen LogP contribution in [0.3, 0.4) is 0 Å². The highest BCUT2D eigenvalue weighted by molar-refractivity contribution is 6.22. The third-order valence-corrected chi connectivity index (χ3v) is 6.20. The first-order chi connectivity index (χ1) is 29.3. The van der Waals surface area contributed by atoms with Crippen molar-refractivity contribution < 1.29 is 37.3 Å². The van der Waals surface area contributed by atoms with Crippen LogP contribution in [0.1, 0.15) is 32.9 Å². The van der Waals surface area contributed by atoms with Crippen LogP contribution < -0.4 is 0 Å². The summed E-state index contributed by atoms with van der Waals surface area (Å²) >= 11 is 0. The fraction of sp³-hybridized carbons (Fsp3) is 0. The lowest BCUT2D eigenvalue weighted by molar-refractivity contribution is 0.669. The van der Waals surface area contributed by atoms with Crippen LogP contribution in [0.15, 0.2) is 149 Å². The van der Waals surface area contributed by atoms with Crippen molar-refractivity contribution in [2.75, 3.05) is 0 Å². The number of hydrogen-bond acceptors (Lipinski definition) is 1. The Kier molecular flexibility index (Phi) is 1.94. The second kappa shape index (κ2) is 8.72. The van der Waals surface area contributed by atoms with Crippen LogP contribution in [-0.4, -0.2) is 0 Å². The molecule has 0 bridgehead atoms. The number of fused-ring (bicyclic) bond motifs is 5. The molecular formula is C38H24O. The molecule has 39 heavy (non-hydrogen) atoms. The van der Waals surface area contributed by atoms with E-state index in [0.717, 1.165) is 0 Å². The molecule has 8 rings (SSSR count). The van der Waals surface area contributed by atoms with Gasteiger partial charge in [0.15, 0.2) is 0 Å². The molecule has 0 aliphatic carbocycles. The largest absolute Gasteiger partial charge is 0.456 e. The minimum absolute atomic E-state index is 0.455. The van der Waals surface area contributed by atoms with Crippen molar-refractivity contribution in [2.24, 2.45) is 0 Å². The van der Waals surface area contributed by atoms with E-state index in [4.69, 9.17) is 30.5 Å². The van der Waals surface area contributed by atoms with Gasteiger partial charge in [-0.2, -0.15) is 0 Å². The SMILES string of the molecule is [2H]c1c([2H])c([2H])c(-c2c3c([2H])c([2H])c([2H])c([2H])c3c(-c3c([2H])c([2H])c4c(oc5c([2H])c([2H])c([2H])c(-c6c([2H])c([2H])c([2H])c([2H])c6[2H])c54)c3[2H])c3c([2H])c([2H])c([2H])c([2H])c23)c([2H])c1[2H]. The Morgan fingerprint density at radius 3 is 1.54 bits per heavy atom. The molecule has 182 valence electrons. The van der Waals surface area contributed by atoms with Crippen LogP contribution in [0.25, 0.3) is 76.9 Å². The highest BCUT2D eigenvalue weighted by Gasteiger charge is 2.18. The molecule has 0 atom stereocenters. The summed E-state index contributed by atoms with van der Waals surface area (Å²) in [6.07, 6.45) is 0. The van der Waals surface area contributed by atoms with Gasteiger partial charge in [-0.25, -0.2) is 0 Å². The van der Waals surface area contributed by atoms with Gasteiger partial charge in [0.25, 0.3) is 0 Å². The van der Waals surface area contributed by atoms with E-state index in [-0.39, 0.29) is 0 Å². The van der Waals surface area contributed by atoms with Gasteiger partial charge in [0.2, 0.25) is 0 Å². The molecule has 0 fully saturated rings. The van der Waals surface area contributed by atoms with Gasteiger partial charge in [-0.1, -0.05) is 127 Å². The van der Waals surface area contributed by atoms with E-state index in [0.29, 0.717) is 0 Å². The van der Waals surface area contributed by atoms with Crippen molar-refractivity contribution in [1.82, 2.24) is 0 Å². The summed E-state index contributed by atoms with van der Waals surface area (Å²) in [5.74, 6) is 0. The van der Waals surface area contributed by atoms with E-state index >= 15 is 0 Å². The Labute approximate surface area is 260 Å². The van der Waals surface area contributed by atoms with Crippen LogP contribution in [0.2, 0.25) is 0 Å².